The molecule has 0 bridgehead atoms. The Bertz CT molecular complexity index is 648. The zero-order valence-corrected chi connectivity index (χ0v) is 11.7. The van der Waals surface area contributed by atoms with Crippen molar-refractivity contribution in [3.63, 3.8) is 0 Å². The first-order valence-electron chi connectivity index (χ1n) is 6.50. The zero-order chi connectivity index (χ0) is 15.4. The predicted octanol–water partition coefficient (Wildman–Crippen LogP) is 1.73. The van der Waals surface area contributed by atoms with Crippen molar-refractivity contribution in [2.45, 2.75) is 13.0 Å². The highest BCUT2D eigenvalue weighted by molar-refractivity contribution is 5.97. The van der Waals surface area contributed by atoms with Crippen LogP contribution < -0.4 is 16.8 Å². The second kappa shape index (κ2) is 6.19. The van der Waals surface area contributed by atoms with E-state index in [2.05, 4.69) is 5.32 Å². The number of carbonyl (C=O) groups excluding carboxylic acids is 2. The largest absolute Gasteiger partial charge is 0.366 e. The molecule has 0 saturated carbocycles. The van der Waals surface area contributed by atoms with Gasteiger partial charge in [-0.15, -0.1) is 0 Å². The molecule has 0 heterocycles. The highest BCUT2D eigenvalue weighted by Crippen LogP contribution is 2.15. The molecule has 0 aliphatic heterocycles. The molecule has 0 aromatic heterocycles. The van der Waals surface area contributed by atoms with Crippen LogP contribution in [0, 0.1) is 6.92 Å². The van der Waals surface area contributed by atoms with Crippen LogP contribution in [0.2, 0.25) is 0 Å². The molecule has 5 nitrogen and oxygen atoms in total. The topological polar surface area (TPSA) is 98.2 Å². The third-order valence-electron chi connectivity index (χ3n) is 3.16. The summed E-state index contributed by atoms with van der Waals surface area (Å²) < 4.78 is 0. The summed E-state index contributed by atoms with van der Waals surface area (Å²) in [4.78, 5) is 23.1. The van der Waals surface area contributed by atoms with Gasteiger partial charge in [-0.3, -0.25) is 9.59 Å². The van der Waals surface area contributed by atoms with Crippen LogP contribution in [0.3, 0.4) is 0 Å². The Kier molecular flexibility index (Phi) is 4.35. The van der Waals surface area contributed by atoms with Crippen LogP contribution in [-0.4, -0.2) is 11.8 Å². The van der Waals surface area contributed by atoms with Gasteiger partial charge in [-0.1, -0.05) is 29.8 Å². The first-order valence-corrected chi connectivity index (χ1v) is 6.50. The van der Waals surface area contributed by atoms with E-state index in [-0.39, 0.29) is 5.91 Å². The minimum atomic E-state index is -0.749. The van der Waals surface area contributed by atoms with Crippen molar-refractivity contribution in [2.75, 3.05) is 5.32 Å². The van der Waals surface area contributed by atoms with Gasteiger partial charge in [0.15, 0.2) is 0 Å². The second-order valence-electron chi connectivity index (χ2n) is 4.82. The van der Waals surface area contributed by atoms with E-state index < -0.39 is 11.9 Å². The number of benzene rings is 2. The van der Waals surface area contributed by atoms with Crippen molar-refractivity contribution in [3.05, 3.63) is 65.2 Å². The molecule has 5 heteroatoms. The quantitative estimate of drug-likeness (QED) is 0.797. The van der Waals surface area contributed by atoms with Crippen molar-refractivity contribution in [3.8, 4) is 0 Å². The Labute approximate surface area is 123 Å². The van der Waals surface area contributed by atoms with E-state index in [0.29, 0.717) is 11.3 Å². The summed E-state index contributed by atoms with van der Waals surface area (Å²) >= 11 is 0. The average molecular weight is 283 g/mol. The van der Waals surface area contributed by atoms with E-state index in [4.69, 9.17) is 11.5 Å². The van der Waals surface area contributed by atoms with Gasteiger partial charge < -0.3 is 16.8 Å². The van der Waals surface area contributed by atoms with Gasteiger partial charge in [0.05, 0.1) is 0 Å². The maximum Gasteiger partial charge on any atom is 0.248 e. The number of primary amides is 1. The van der Waals surface area contributed by atoms with Crippen LogP contribution in [0.4, 0.5) is 5.69 Å². The van der Waals surface area contributed by atoms with E-state index in [1.807, 2.05) is 31.2 Å². The third-order valence-corrected chi connectivity index (χ3v) is 3.16. The number of aryl methyl sites for hydroxylation is 1. The molecule has 2 aromatic rings. The first kappa shape index (κ1) is 14.7. The summed E-state index contributed by atoms with van der Waals surface area (Å²) in [6.45, 7) is 1.97. The molecule has 0 saturated heterocycles. The molecule has 108 valence electrons. The number of hydrogen-bond acceptors (Lipinski definition) is 3. The van der Waals surface area contributed by atoms with Crippen molar-refractivity contribution in [1.29, 1.82) is 0 Å². The van der Waals surface area contributed by atoms with Crippen LogP contribution >= 0.6 is 0 Å². The van der Waals surface area contributed by atoms with E-state index in [9.17, 15) is 9.59 Å². The standard InChI is InChI=1S/C16H17N3O2/c1-10-2-4-11(5-3-10)14(17)16(21)19-13-8-6-12(7-9-13)15(18)20/h2-9,14H,17H2,1H3,(H2,18,20)(H,19,21). The lowest BCUT2D eigenvalue weighted by Gasteiger charge is -2.13. The van der Waals surface area contributed by atoms with E-state index in [1.165, 1.54) is 0 Å². The minimum absolute atomic E-state index is 0.314. The van der Waals surface area contributed by atoms with Gasteiger partial charge in [-0.25, -0.2) is 0 Å². The van der Waals surface area contributed by atoms with Gasteiger partial charge in [-0.2, -0.15) is 0 Å². The summed E-state index contributed by atoms with van der Waals surface area (Å²) in [5, 5.41) is 2.70. The predicted molar refractivity (Wildman–Crippen MR) is 81.7 cm³/mol. The number of amides is 2. The summed E-state index contributed by atoms with van der Waals surface area (Å²) in [5.41, 5.74) is 13.9. The Hall–Kier alpha value is -2.66. The van der Waals surface area contributed by atoms with Crippen LogP contribution in [-0.2, 0) is 4.79 Å². The molecule has 2 aromatic carbocycles. The highest BCUT2D eigenvalue weighted by atomic mass is 16.2. The summed E-state index contributed by atoms with van der Waals surface area (Å²) in [6, 6.07) is 13.0. The molecule has 1 atom stereocenters. The highest BCUT2D eigenvalue weighted by Gasteiger charge is 2.15. The summed E-state index contributed by atoms with van der Waals surface area (Å²) in [7, 11) is 0. The van der Waals surface area contributed by atoms with Gasteiger partial charge in [-0.05, 0) is 36.8 Å². The zero-order valence-electron chi connectivity index (χ0n) is 11.7. The lowest BCUT2D eigenvalue weighted by Crippen LogP contribution is -2.27. The van der Waals surface area contributed by atoms with Crippen LogP contribution in [0.5, 0.6) is 0 Å². The molecular formula is C16H17N3O2. The smallest absolute Gasteiger partial charge is 0.248 e. The fraction of sp³-hybridized carbons (Fsp3) is 0.125. The average Bonchev–Trinajstić information content (AvgIpc) is 2.47. The Morgan fingerprint density at radius 3 is 2.10 bits per heavy atom. The number of nitrogens with one attached hydrogen (secondary N) is 1. The van der Waals surface area contributed by atoms with Crippen LogP contribution in [0.1, 0.15) is 27.5 Å². The van der Waals surface area contributed by atoms with E-state index >= 15 is 0 Å². The second-order valence-corrected chi connectivity index (χ2v) is 4.82. The lowest BCUT2D eigenvalue weighted by molar-refractivity contribution is -0.117. The number of carbonyl (C=O) groups is 2. The number of nitrogens with two attached hydrogens (primary N) is 2. The SMILES string of the molecule is Cc1ccc(C(N)C(=O)Nc2ccc(C(N)=O)cc2)cc1. The number of anilines is 1. The van der Waals surface area contributed by atoms with E-state index in [0.717, 1.165) is 11.1 Å². The molecule has 0 radical (unpaired) electrons. The molecule has 5 N–H and O–H groups in total. The molecule has 0 aliphatic carbocycles. The molecule has 1 unspecified atom stereocenters. The fourth-order valence-electron chi connectivity index (χ4n) is 1.86. The van der Waals surface area contributed by atoms with Crippen LogP contribution in [0.25, 0.3) is 0 Å². The molecule has 2 rings (SSSR count). The van der Waals surface area contributed by atoms with Gasteiger partial charge in [0.2, 0.25) is 11.8 Å². The fourth-order valence-corrected chi connectivity index (χ4v) is 1.86. The minimum Gasteiger partial charge on any atom is -0.366 e. The van der Waals surface area contributed by atoms with E-state index in [1.54, 1.807) is 24.3 Å². The van der Waals surface area contributed by atoms with Crippen molar-refractivity contribution in [2.24, 2.45) is 11.5 Å². The number of rotatable bonds is 4. The van der Waals surface area contributed by atoms with Gasteiger partial charge in [0, 0.05) is 11.3 Å². The Morgan fingerprint density at radius 1 is 1.00 bits per heavy atom. The maximum atomic E-state index is 12.1. The molecule has 0 aliphatic rings. The third kappa shape index (κ3) is 3.67. The molecule has 21 heavy (non-hydrogen) atoms. The summed E-state index contributed by atoms with van der Waals surface area (Å²) in [6.07, 6.45) is 0. The normalized spacial score (nSPS) is 11.7. The molecule has 0 fully saturated rings. The molecule has 0 spiro atoms. The van der Waals surface area contributed by atoms with Crippen molar-refractivity contribution >= 4 is 17.5 Å². The molecular weight excluding hydrogens is 266 g/mol. The van der Waals surface area contributed by atoms with Crippen LogP contribution in [0.15, 0.2) is 48.5 Å². The van der Waals surface area contributed by atoms with Gasteiger partial charge >= 0.3 is 0 Å². The van der Waals surface area contributed by atoms with Gasteiger partial charge in [0.1, 0.15) is 6.04 Å². The Balaban J connectivity index is 2.06. The molecule has 2 amide bonds. The lowest BCUT2D eigenvalue weighted by atomic mass is 10.1. The monoisotopic (exact) mass is 283 g/mol. The van der Waals surface area contributed by atoms with Crippen molar-refractivity contribution < 1.29 is 9.59 Å². The number of hydrogen-bond donors (Lipinski definition) is 3. The summed E-state index contributed by atoms with van der Waals surface area (Å²) in [5.74, 6) is -0.824. The maximum absolute atomic E-state index is 12.1. The van der Waals surface area contributed by atoms with Gasteiger partial charge in [0.25, 0.3) is 0 Å². The first-order chi connectivity index (χ1) is 9.97. The van der Waals surface area contributed by atoms with Crippen molar-refractivity contribution in [1.82, 2.24) is 0 Å². The Morgan fingerprint density at radius 2 is 1.57 bits per heavy atom.